The van der Waals surface area contributed by atoms with E-state index in [0.717, 1.165) is 61.6 Å². The quantitative estimate of drug-likeness (QED) is 0.147. The van der Waals surface area contributed by atoms with Crippen molar-refractivity contribution < 1.29 is 24.5 Å². The molecule has 0 radical (unpaired) electrons. The monoisotopic (exact) mass is 718 g/mol. The lowest BCUT2D eigenvalue weighted by molar-refractivity contribution is -0.137. The number of aliphatic hydroxyl groups is 1. The van der Waals surface area contributed by atoms with Gasteiger partial charge in [-0.2, -0.15) is 0 Å². The predicted octanol–water partition coefficient (Wildman–Crippen LogP) is 9.71. The van der Waals surface area contributed by atoms with E-state index in [4.69, 9.17) is 37.8 Å². The van der Waals surface area contributed by atoms with E-state index >= 15 is 0 Å². The highest BCUT2D eigenvalue weighted by molar-refractivity contribution is 6.36. The lowest BCUT2D eigenvalue weighted by Crippen LogP contribution is -2.07. The fraction of sp³-hybridized carbons (Fsp3) is 0.167. The Labute approximate surface area is 305 Å². The van der Waals surface area contributed by atoms with Gasteiger partial charge in [0.2, 0.25) is 0 Å². The molecule has 0 aliphatic carbocycles. The molecule has 1 atom stereocenters. The van der Waals surface area contributed by atoms with Crippen LogP contribution in [0, 0.1) is 0 Å². The van der Waals surface area contributed by atoms with Crippen LogP contribution in [-0.4, -0.2) is 31.9 Å². The van der Waals surface area contributed by atoms with Crippen molar-refractivity contribution in [3.63, 3.8) is 0 Å². The molecule has 0 saturated carbocycles. The standard InChI is InChI=1S/C26H22ClNO4.C16H14ClNO/c27-23-14-28(13-17-4-2-1-3-5-17)24-10-18(6-8-22(23)24)15-31-20-7-9-21-19(11-26(29)30)16-32-25(21)12-20;17-15-10-18(9-12-4-2-1-3-5-12)16-8-13(11-19)6-7-14(15)16/h1-10,12,14,19H,11,13,15-16H2,(H,29,30);1-8,10,19H,9,11H2. The summed E-state index contributed by atoms with van der Waals surface area (Å²) in [6, 6.07) is 38.2. The molecule has 5 aromatic carbocycles. The molecule has 3 heterocycles. The maximum atomic E-state index is 11.0. The number of aliphatic carboxylic acids is 1. The van der Waals surface area contributed by atoms with Crippen LogP contribution < -0.4 is 9.47 Å². The second-order valence-corrected chi connectivity index (χ2v) is 13.5. The highest BCUT2D eigenvalue weighted by Crippen LogP contribution is 2.38. The molecule has 7 nitrogen and oxygen atoms in total. The highest BCUT2D eigenvalue weighted by Gasteiger charge is 2.26. The lowest BCUT2D eigenvalue weighted by Gasteiger charge is -2.10. The van der Waals surface area contributed by atoms with Crippen molar-refractivity contribution in [2.45, 2.75) is 38.6 Å². The largest absolute Gasteiger partial charge is 0.492 e. The Hall–Kier alpha value is -5.21. The second kappa shape index (κ2) is 15.4. The summed E-state index contributed by atoms with van der Waals surface area (Å²) in [7, 11) is 0. The first-order valence-corrected chi connectivity index (χ1v) is 17.4. The molecule has 0 bridgehead atoms. The van der Waals surface area contributed by atoms with Crippen LogP contribution in [0.15, 0.2) is 128 Å². The van der Waals surface area contributed by atoms with Gasteiger partial charge in [-0.15, -0.1) is 0 Å². The Bertz CT molecular complexity index is 2300. The molecule has 51 heavy (non-hydrogen) atoms. The van der Waals surface area contributed by atoms with E-state index < -0.39 is 5.97 Å². The Morgan fingerprint density at radius 1 is 0.725 bits per heavy atom. The van der Waals surface area contributed by atoms with Gasteiger partial charge in [0.1, 0.15) is 18.1 Å². The lowest BCUT2D eigenvalue weighted by atomic mass is 9.98. The number of benzene rings is 5. The van der Waals surface area contributed by atoms with Crippen LogP contribution in [0.3, 0.4) is 0 Å². The normalized spacial score (nSPS) is 13.4. The Morgan fingerprint density at radius 2 is 1.29 bits per heavy atom. The van der Waals surface area contributed by atoms with Crippen LogP contribution in [0.1, 0.15) is 40.2 Å². The minimum Gasteiger partial charge on any atom is -0.492 e. The number of carboxylic acid groups (broad SMARTS) is 1. The van der Waals surface area contributed by atoms with Gasteiger partial charge in [-0.25, -0.2) is 0 Å². The number of carboxylic acids is 1. The van der Waals surface area contributed by atoms with E-state index in [0.29, 0.717) is 24.7 Å². The number of aromatic nitrogens is 2. The van der Waals surface area contributed by atoms with E-state index in [9.17, 15) is 9.90 Å². The third-order valence-corrected chi connectivity index (χ3v) is 9.66. The summed E-state index contributed by atoms with van der Waals surface area (Å²) in [6.07, 6.45) is 3.98. The molecular weight excluding hydrogens is 683 g/mol. The van der Waals surface area contributed by atoms with Gasteiger partial charge < -0.3 is 28.8 Å². The number of ether oxygens (including phenoxy) is 2. The molecule has 2 N–H and O–H groups in total. The second-order valence-electron chi connectivity index (χ2n) is 12.6. The Balaban J connectivity index is 0.000000182. The van der Waals surface area contributed by atoms with Crippen LogP contribution in [-0.2, 0) is 31.1 Å². The average molecular weight is 720 g/mol. The van der Waals surface area contributed by atoms with Gasteiger partial charge in [0.25, 0.3) is 0 Å². The number of aliphatic hydroxyl groups excluding tert-OH is 1. The van der Waals surface area contributed by atoms with Crippen LogP contribution >= 0.6 is 23.2 Å². The highest BCUT2D eigenvalue weighted by atomic mass is 35.5. The number of hydrogen-bond acceptors (Lipinski definition) is 4. The Morgan fingerprint density at radius 3 is 1.86 bits per heavy atom. The number of rotatable bonds is 10. The van der Waals surface area contributed by atoms with Crippen LogP contribution in [0.25, 0.3) is 21.8 Å². The van der Waals surface area contributed by atoms with Gasteiger partial charge in [0, 0.05) is 53.8 Å². The summed E-state index contributed by atoms with van der Waals surface area (Å²) in [6.45, 7) is 2.36. The van der Waals surface area contributed by atoms with E-state index in [1.54, 1.807) is 0 Å². The van der Waals surface area contributed by atoms with Gasteiger partial charge in [-0.05, 0) is 40.5 Å². The number of fused-ring (bicyclic) bond motifs is 3. The topological polar surface area (TPSA) is 85.8 Å². The van der Waals surface area contributed by atoms with E-state index in [2.05, 4.69) is 39.5 Å². The number of carbonyl (C=O) groups is 1. The fourth-order valence-electron chi connectivity index (χ4n) is 6.49. The molecule has 2 aromatic heterocycles. The molecule has 0 amide bonds. The maximum Gasteiger partial charge on any atom is 0.304 e. The fourth-order valence-corrected chi connectivity index (χ4v) is 7.04. The summed E-state index contributed by atoms with van der Waals surface area (Å²) in [5.41, 5.74) is 7.42. The molecular formula is C42H36Cl2N2O5. The van der Waals surface area contributed by atoms with Crippen molar-refractivity contribution in [3.05, 3.63) is 166 Å². The maximum absolute atomic E-state index is 11.0. The van der Waals surface area contributed by atoms with E-state index in [1.165, 1.54) is 11.1 Å². The molecule has 8 rings (SSSR count). The minimum atomic E-state index is -0.820. The van der Waals surface area contributed by atoms with Gasteiger partial charge in [0.05, 0.1) is 40.7 Å². The zero-order valence-electron chi connectivity index (χ0n) is 27.7. The summed E-state index contributed by atoms with van der Waals surface area (Å²) in [5.74, 6) is 0.464. The van der Waals surface area contributed by atoms with E-state index in [-0.39, 0.29) is 18.9 Å². The van der Waals surface area contributed by atoms with Crippen LogP contribution in [0.5, 0.6) is 11.5 Å². The first kappa shape index (κ1) is 34.2. The molecule has 1 aliphatic rings. The van der Waals surface area contributed by atoms with Gasteiger partial charge in [-0.1, -0.05) is 114 Å². The third kappa shape index (κ3) is 7.92. The third-order valence-electron chi connectivity index (χ3n) is 9.06. The van der Waals surface area contributed by atoms with Crippen molar-refractivity contribution in [1.82, 2.24) is 9.13 Å². The molecule has 7 aromatic rings. The first-order valence-electron chi connectivity index (χ1n) is 16.7. The summed E-state index contributed by atoms with van der Waals surface area (Å²) in [5, 5.41) is 21.8. The SMILES string of the molecule is O=C(O)CC1COc2cc(OCc3ccc4c(Cl)cn(Cc5ccccc5)c4c3)ccc21.OCc1ccc2c(Cl)cn(Cc3ccccc3)c2c1. The van der Waals surface area contributed by atoms with Gasteiger partial charge in [-0.3, -0.25) is 4.79 Å². The molecule has 258 valence electrons. The summed E-state index contributed by atoms with van der Waals surface area (Å²) < 4.78 is 16.0. The van der Waals surface area contributed by atoms with Gasteiger partial charge in [0.15, 0.2) is 0 Å². The van der Waals surface area contributed by atoms with Crippen molar-refractivity contribution >= 4 is 51.0 Å². The number of hydrogen-bond donors (Lipinski definition) is 2. The molecule has 1 aliphatic heterocycles. The van der Waals surface area contributed by atoms with Crippen LogP contribution in [0.4, 0.5) is 0 Å². The number of nitrogens with zero attached hydrogens (tertiary/aromatic N) is 2. The summed E-state index contributed by atoms with van der Waals surface area (Å²) in [4.78, 5) is 11.0. The molecule has 9 heteroatoms. The van der Waals surface area contributed by atoms with Crippen LogP contribution in [0.2, 0.25) is 10.0 Å². The number of halogens is 2. The zero-order chi connectivity index (χ0) is 35.3. The van der Waals surface area contributed by atoms with Crippen molar-refractivity contribution in [3.8, 4) is 11.5 Å². The minimum absolute atomic E-state index is 0.0457. The summed E-state index contributed by atoms with van der Waals surface area (Å²) >= 11 is 12.7. The van der Waals surface area contributed by atoms with Crippen molar-refractivity contribution in [1.29, 1.82) is 0 Å². The average Bonchev–Trinajstić information content (AvgIpc) is 3.79. The zero-order valence-corrected chi connectivity index (χ0v) is 29.2. The van der Waals surface area contributed by atoms with Crippen molar-refractivity contribution in [2.75, 3.05) is 6.61 Å². The smallest absolute Gasteiger partial charge is 0.304 e. The van der Waals surface area contributed by atoms with E-state index in [1.807, 2.05) is 97.3 Å². The molecule has 0 fully saturated rings. The molecule has 0 spiro atoms. The molecule has 0 saturated heterocycles. The van der Waals surface area contributed by atoms with Crippen molar-refractivity contribution in [2.24, 2.45) is 0 Å². The van der Waals surface area contributed by atoms with Gasteiger partial charge >= 0.3 is 5.97 Å². The predicted molar refractivity (Wildman–Crippen MR) is 202 cm³/mol. The Kier molecular flexibility index (Phi) is 10.3. The first-order chi connectivity index (χ1) is 24.8. The molecule has 1 unspecified atom stereocenters.